The molecule has 1 aromatic heterocycles. The molecule has 0 radical (unpaired) electrons. The molecule has 0 spiro atoms. The summed E-state index contributed by atoms with van der Waals surface area (Å²) in [7, 11) is 1.77. The van der Waals surface area contributed by atoms with Gasteiger partial charge >= 0.3 is 0 Å². The molecule has 2 atom stereocenters. The Hall–Kier alpha value is -1.41. The van der Waals surface area contributed by atoms with E-state index in [1.165, 1.54) is 0 Å². The van der Waals surface area contributed by atoms with E-state index in [0.717, 1.165) is 32.5 Å². The van der Waals surface area contributed by atoms with Crippen LogP contribution in [0, 0.1) is 0 Å². The molecular weight excluding hydrogens is 356 g/mol. The summed E-state index contributed by atoms with van der Waals surface area (Å²) in [6.45, 7) is 4.57. The summed E-state index contributed by atoms with van der Waals surface area (Å²) in [5, 5.41) is 12.1. The van der Waals surface area contributed by atoms with Crippen LogP contribution in [-0.4, -0.2) is 35.7 Å². The topological polar surface area (TPSA) is 63.9 Å². The van der Waals surface area contributed by atoms with Gasteiger partial charge in [0.2, 0.25) is 0 Å². The predicted molar refractivity (Wildman–Crippen MR) is 100 cm³/mol. The number of hydrogen-bond acceptors (Lipinski definition) is 7. The van der Waals surface area contributed by atoms with Crippen LogP contribution in [0.15, 0.2) is 44.9 Å². The van der Waals surface area contributed by atoms with Gasteiger partial charge in [-0.15, -0.1) is 11.3 Å². The first-order valence-corrected chi connectivity index (χ1v) is 9.79. The highest BCUT2D eigenvalue weighted by molar-refractivity contribution is 8.01. The molecule has 0 amide bonds. The second kappa shape index (κ2) is 7.86. The van der Waals surface area contributed by atoms with Crippen LogP contribution in [0.1, 0.15) is 37.1 Å². The van der Waals surface area contributed by atoms with Gasteiger partial charge in [0.25, 0.3) is 0 Å². The molecular formula is C18H22N2O3S2. The summed E-state index contributed by atoms with van der Waals surface area (Å²) in [4.78, 5) is 6.83. The van der Waals surface area contributed by atoms with Crippen molar-refractivity contribution in [2.24, 2.45) is 5.16 Å². The fourth-order valence-corrected chi connectivity index (χ4v) is 5.16. The minimum atomic E-state index is -0.285. The summed E-state index contributed by atoms with van der Waals surface area (Å²) in [5.74, 6) is 0. The first-order valence-electron chi connectivity index (χ1n) is 8.16. The lowest BCUT2D eigenvalue weighted by Crippen LogP contribution is -2.38. The Kier molecular flexibility index (Phi) is 5.78. The highest BCUT2D eigenvalue weighted by atomic mass is 32.2. The van der Waals surface area contributed by atoms with Crippen molar-refractivity contribution in [2.45, 2.75) is 47.6 Å². The lowest BCUT2D eigenvalue weighted by atomic mass is 9.89. The average molecular weight is 379 g/mol. The monoisotopic (exact) mass is 378 g/mol. The molecule has 1 aromatic carbocycles. The van der Waals surface area contributed by atoms with Crippen molar-refractivity contribution in [1.82, 2.24) is 4.98 Å². The normalized spacial score (nSPS) is 24.4. The predicted octanol–water partition coefficient (Wildman–Crippen LogP) is 4.53. The van der Waals surface area contributed by atoms with Crippen molar-refractivity contribution >= 4 is 28.8 Å². The van der Waals surface area contributed by atoms with Crippen LogP contribution >= 0.6 is 23.1 Å². The summed E-state index contributed by atoms with van der Waals surface area (Å²) in [6, 6.07) is 7.92. The van der Waals surface area contributed by atoms with E-state index in [9.17, 15) is 0 Å². The van der Waals surface area contributed by atoms with Crippen LogP contribution in [0.3, 0.4) is 0 Å². The molecule has 1 aliphatic rings. The lowest BCUT2D eigenvalue weighted by Gasteiger charge is -2.37. The number of aromatic nitrogens is 1. The zero-order chi connectivity index (χ0) is 17.9. The Morgan fingerprint density at radius 3 is 2.84 bits per heavy atom. The molecule has 1 fully saturated rings. The van der Waals surface area contributed by atoms with Crippen LogP contribution in [0.4, 0.5) is 0 Å². The fraction of sp³-hybridized carbons (Fsp3) is 0.444. The third kappa shape index (κ3) is 4.06. The zero-order valence-corrected chi connectivity index (χ0v) is 16.2. The maximum atomic E-state index is 8.84. The first kappa shape index (κ1) is 18.4. The number of benzene rings is 1. The molecule has 1 aliphatic heterocycles. The van der Waals surface area contributed by atoms with Gasteiger partial charge in [-0.3, -0.25) is 0 Å². The molecule has 134 valence electrons. The van der Waals surface area contributed by atoms with E-state index < -0.39 is 0 Å². The number of hydrogen-bond donors (Lipinski definition) is 1. The van der Waals surface area contributed by atoms with Gasteiger partial charge in [0.05, 0.1) is 23.3 Å². The van der Waals surface area contributed by atoms with E-state index in [2.05, 4.69) is 17.1 Å². The Morgan fingerprint density at radius 1 is 1.44 bits per heavy atom. The molecule has 0 saturated carbocycles. The molecule has 1 saturated heterocycles. The number of nitrogens with zero attached hydrogens (tertiary/aromatic N) is 2. The van der Waals surface area contributed by atoms with Crippen molar-refractivity contribution in [1.29, 1.82) is 0 Å². The lowest BCUT2D eigenvalue weighted by molar-refractivity contribution is -0.120. The van der Waals surface area contributed by atoms with Gasteiger partial charge in [0.1, 0.15) is 5.60 Å². The highest BCUT2D eigenvalue weighted by Gasteiger charge is 2.39. The van der Waals surface area contributed by atoms with E-state index in [-0.39, 0.29) is 11.7 Å². The molecule has 5 nitrogen and oxygen atoms in total. The van der Waals surface area contributed by atoms with Crippen LogP contribution in [-0.2, 0) is 15.1 Å². The quantitative estimate of drug-likeness (QED) is 0.470. The first-order chi connectivity index (χ1) is 12.1. The number of ether oxygens (including phenoxy) is 2. The second-order valence-electron chi connectivity index (χ2n) is 6.14. The third-order valence-electron chi connectivity index (χ3n) is 4.48. The van der Waals surface area contributed by atoms with Gasteiger partial charge in [0, 0.05) is 31.0 Å². The Labute approximate surface area is 156 Å². The van der Waals surface area contributed by atoms with Crippen molar-refractivity contribution in [2.75, 3.05) is 13.7 Å². The second-order valence-corrected chi connectivity index (χ2v) is 8.49. The minimum absolute atomic E-state index is 0.191. The smallest absolute Gasteiger partial charge is 0.154 e. The van der Waals surface area contributed by atoms with Crippen LogP contribution in [0.2, 0.25) is 0 Å². The van der Waals surface area contributed by atoms with Gasteiger partial charge in [0.15, 0.2) is 4.34 Å². The van der Waals surface area contributed by atoms with Crippen molar-refractivity contribution in [3.63, 3.8) is 0 Å². The molecule has 0 unspecified atom stereocenters. The number of oxime groups is 1. The number of thiazole rings is 1. The molecule has 3 rings (SSSR count). The standard InChI is InChI=1S/C18H22N2O3S2/c1-12-10-18(22-3,8-9-23-12)16-11-19-17(25-16)24-15-6-4-14(5-7-15)13(2)20-21/h4-7,11-12,21H,8-10H2,1-3H3/b20-13+/t12-,18+/m0/s1. The fourth-order valence-electron chi connectivity index (χ4n) is 3.00. The Bertz CT molecular complexity index is 745. The molecule has 7 heteroatoms. The van der Waals surface area contributed by atoms with E-state index in [4.69, 9.17) is 14.7 Å². The van der Waals surface area contributed by atoms with Crippen molar-refractivity contribution in [3.8, 4) is 0 Å². The summed E-state index contributed by atoms with van der Waals surface area (Å²) < 4.78 is 12.6. The van der Waals surface area contributed by atoms with Gasteiger partial charge in [-0.2, -0.15) is 0 Å². The summed E-state index contributed by atoms with van der Waals surface area (Å²) in [6.07, 6.45) is 3.83. The van der Waals surface area contributed by atoms with Crippen LogP contribution in [0.5, 0.6) is 0 Å². The Balaban J connectivity index is 1.75. The maximum absolute atomic E-state index is 8.84. The van der Waals surface area contributed by atoms with Crippen molar-refractivity contribution < 1.29 is 14.7 Å². The van der Waals surface area contributed by atoms with Gasteiger partial charge < -0.3 is 14.7 Å². The molecule has 2 heterocycles. The summed E-state index contributed by atoms with van der Waals surface area (Å²) in [5.41, 5.74) is 1.22. The van der Waals surface area contributed by atoms with E-state index in [0.29, 0.717) is 12.3 Å². The van der Waals surface area contributed by atoms with Gasteiger partial charge in [-0.1, -0.05) is 29.1 Å². The van der Waals surface area contributed by atoms with E-state index in [1.54, 1.807) is 37.1 Å². The van der Waals surface area contributed by atoms with Gasteiger partial charge in [-0.25, -0.2) is 4.98 Å². The number of methoxy groups -OCH3 is 1. The van der Waals surface area contributed by atoms with E-state index in [1.807, 2.05) is 30.5 Å². The molecule has 25 heavy (non-hydrogen) atoms. The molecule has 2 aromatic rings. The maximum Gasteiger partial charge on any atom is 0.154 e. The average Bonchev–Trinajstić information content (AvgIpc) is 3.10. The van der Waals surface area contributed by atoms with Gasteiger partial charge in [-0.05, 0) is 31.5 Å². The SMILES string of the molecule is CO[C@]1(c2cnc(Sc3ccc(/C(C)=N/O)cc3)s2)CCO[C@@H](C)C1. The summed E-state index contributed by atoms with van der Waals surface area (Å²) >= 11 is 3.31. The highest BCUT2D eigenvalue weighted by Crippen LogP contribution is 2.43. The molecule has 1 N–H and O–H groups in total. The third-order valence-corrected chi connectivity index (χ3v) is 6.74. The van der Waals surface area contributed by atoms with Crippen LogP contribution < -0.4 is 0 Å². The molecule has 0 aliphatic carbocycles. The zero-order valence-electron chi connectivity index (χ0n) is 14.6. The van der Waals surface area contributed by atoms with Crippen molar-refractivity contribution in [3.05, 3.63) is 40.9 Å². The Morgan fingerprint density at radius 2 is 2.20 bits per heavy atom. The van der Waals surface area contributed by atoms with E-state index >= 15 is 0 Å². The molecule has 0 bridgehead atoms. The van der Waals surface area contributed by atoms with Crippen LogP contribution in [0.25, 0.3) is 0 Å². The largest absolute Gasteiger partial charge is 0.411 e. The number of rotatable bonds is 5. The minimum Gasteiger partial charge on any atom is -0.411 e.